The van der Waals surface area contributed by atoms with Crippen LogP contribution in [0.15, 0.2) is 47.6 Å². The molecule has 1 amide bonds. The number of hydrazone groups is 1. The van der Waals surface area contributed by atoms with Gasteiger partial charge in [0.1, 0.15) is 0 Å². The van der Waals surface area contributed by atoms with Gasteiger partial charge in [0.25, 0.3) is 5.91 Å². The molecule has 1 heterocycles. The summed E-state index contributed by atoms with van der Waals surface area (Å²) in [4.78, 5) is 24.7. The maximum atomic E-state index is 12.5. The number of nitrogens with zero attached hydrogens (tertiary/aromatic N) is 2. The molecule has 3 aromatic rings. The molecule has 0 fully saturated rings. The number of hydrogen-bond donors (Lipinski definition) is 2. The molecule has 10 heteroatoms. The van der Waals surface area contributed by atoms with Crippen molar-refractivity contribution < 1.29 is 19.1 Å². The van der Waals surface area contributed by atoms with E-state index in [4.69, 9.17) is 32.7 Å². The van der Waals surface area contributed by atoms with Crippen LogP contribution in [-0.4, -0.2) is 35.4 Å². The SMILES string of the molecule is COc1cc(C=NNC(=O)c2cc(C(C)(C)C)[nH]n2)ccc1OC(=O)c1ccc(Cl)cc1Cl. The van der Waals surface area contributed by atoms with E-state index in [9.17, 15) is 9.59 Å². The topological polar surface area (TPSA) is 106 Å². The van der Waals surface area contributed by atoms with Crippen molar-refractivity contribution in [2.45, 2.75) is 26.2 Å². The minimum absolute atomic E-state index is 0.157. The lowest BCUT2D eigenvalue weighted by molar-refractivity contribution is 0.0729. The maximum absolute atomic E-state index is 12.5. The Hall–Kier alpha value is -3.36. The second-order valence-corrected chi connectivity index (χ2v) is 8.88. The number of ether oxygens (including phenoxy) is 2. The molecular formula is C23H22Cl2N4O4. The largest absolute Gasteiger partial charge is 0.493 e. The molecule has 2 aromatic carbocycles. The number of nitrogens with one attached hydrogen (secondary N) is 2. The minimum atomic E-state index is -0.655. The molecule has 33 heavy (non-hydrogen) atoms. The number of benzene rings is 2. The Labute approximate surface area is 200 Å². The Kier molecular flexibility index (Phi) is 7.40. The molecule has 0 aliphatic rings. The van der Waals surface area contributed by atoms with Crippen molar-refractivity contribution >= 4 is 41.3 Å². The third-order valence-electron chi connectivity index (χ3n) is 4.54. The van der Waals surface area contributed by atoms with Gasteiger partial charge in [-0.1, -0.05) is 44.0 Å². The summed E-state index contributed by atoms with van der Waals surface area (Å²) in [7, 11) is 1.44. The summed E-state index contributed by atoms with van der Waals surface area (Å²) in [5.41, 5.74) is 4.12. The number of methoxy groups -OCH3 is 1. The molecule has 0 aliphatic carbocycles. The molecule has 0 aliphatic heterocycles. The van der Waals surface area contributed by atoms with Crippen LogP contribution in [-0.2, 0) is 5.41 Å². The summed E-state index contributed by atoms with van der Waals surface area (Å²) in [6.45, 7) is 6.04. The fourth-order valence-electron chi connectivity index (χ4n) is 2.70. The van der Waals surface area contributed by atoms with Crippen LogP contribution in [0.4, 0.5) is 0 Å². The van der Waals surface area contributed by atoms with Gasteiger partial charge in [0.2, 0.25) is 0 Å². The zero-order valence-corrected chi connectivity index (χ0v) is 19.9. The van der Waals surface area contributed by atoms with Gasteiger partial charge in [0.05, 0.1) is 23.9 Å². The van der Waals surface area contributed by atoms with Crippen molar-refractivity contribution in [2.24, 2.45) is 5.10 Å². The van der Waals surface area contributed by atoms with Gasteiger partial charge in [-0.2, -0.15) is 10.2 Å². The smallest absolute Gasteiger partial charge is 0.345 e. The van der Waals surface area contributed by atoms with Crippen LogP contribution in [0.25, 0.3) is 0 Å². The number of hydrogen-bond acceptors (Lipinski definition) is 6. The normalized spacial score (nSPS) is 11.5. The molecule has 0 bridgehead atoms. The number of aromatic amines is 1. The van der Waals surface area contributed by atoms with Crippen molar-refractivity contribution in [3.05, 3.63) is 75.0 Å². The molecule has 2 N–H and O–H groups in total. The average Bonchev–Trinajstić information content (AvgIpc) is 3.25. The quantitative estimate of drug-likeness (QED) is 0.219. The van der Waals surface area contributed by atoms with Gasteiger partial charge in [-0.25, -0.2) is 10.2 Å². The number of carbonyl (C=O) groups is 2. The first-order valence-corrected chi connectivity index (χ1v) is 10.6. The highest BCUT2D eigenvalue weighted by Gasteiger charge is 2.19. The summed E-state index contributed by atoms with van der Waals surface area (Å²) >= 11 is 11.9. The first kappa shape index (κ1) is 24.3. The van der Waals surface area contributed by atoms with Crippen LogP contribution < -0.4 is 14.9 Å². The molecule has 3 rings (SSSR count). The van der Waals surface area contributed by atoms with E-state index in [1.165, 1.54) is 25.5 Å². The first-order chi connectivity index (χ1) is 15.6. The standard InChI is InChI=1S/C23H22Cl2N4O4/c1-23(2,3)20-11-17(27-28-20)21(30)29-26-12-13-5-8-18(19(9-13)32-4)33-22(31)15-7-6-14(24)10-16(15)25/h5-12H,1-4H3,(H,27,28)(H,29,30). The molecule has 172 valence electrons. The third kappa shape index (κ3) is 6.12. The van der Waals surface area contributed by atoms with Gasteiger partial charge in [-0.05, 0) is 48.0 Å². The highest BCUT2D eigenvalue weighted by molar-refractivity contribution is 6.36. The number of amides is 1. The number of esters is 1. The van der Waals surface area contributed by atoms with Crippen LogP contribution in [0.3, 0.4) is 0 Å². The van der Waals surface area contributed by atoms with E-state index in [-0.39, 0.29) is 27.4 Å². The Balaban J connectivity index is 1.67. The molecule has 0 saturated heterocycles. The fourth-order valence-corrected chi connectivity index (χ4v) is 3.19. The number of aromatic nitrogens is 2. The molecule has 0 atom stereocenters. The number of rotatable bonds is 6. The predicted molar refractivity (Wildman–Crippen MR) is 127 cm³/mol. The lowest BCUT2D eigenvalue weighted by atomic mass is 9.92. The molecule has 8 nitrogen and oxygen atoms in total. The monoisotopic (exact) mass is 488 g/mol. The van der Waals surface area contributed by atoms with E-state index in [0.29, 0.717) is 16.3 Å². The van der Waals surface area contributed by atoms with Gasteiger partial charge in [0.15, 0.2) is 17.2 Å². The zero-order valence-electron chi connectivity index (χ0n) is 18.4. The summed E-state index contributed by atoms with van der Waals surface area (Å²) in [5, 5.41) is 11.4. The third-order valence-corrected chi connectivity index (χ3v) is 5.09. The van der Waals surface area contributed by atoms with E-state index >= 15 is 0 Å². The summed E-state index contributed by atoms with van der Waals surface area (Å²) in [5.74, 6) is -0.612. The van der Waals surface area contributed by atoms with Crippen molar-refractivity contribution in [1.82, 2.24) is 15.6 Å². The van der Waals surface area contributed by atoms with E-state index < -0.39 is 11.9 Å². The van der Waals surface area contributed by atoms with E-state index in [0.717, 1.165) is 5.69 Å². The first-order valence-electron chi connectivity index (χ1n) is 9.83. The maximum Gasteiger partial charge on any atom is 0.345 e. The van der Waals surface area contributed by atoms with Crippen LogP contribution >= 0.6 is 23.2 Å². The van der Waals surface area contributed by atoms with Gasteiger partial charge in [0, 0.05) is 16.1 Å². The van der Waals surface area contributed by atoms with Crippen molar-refractivity contribution in [3.8, 4) is 11.5 Å². The highest BCUT2D eigenvalue weighted by Crippen LogP contribution is 2.30. The predicted octanol–water partition coefficient (Wildman–Crippen LogP) is 5.01. The summed E-state index contributed by atoms with van der Waals surface area (Å²) < 4.78 is 10.7. The van der Waals surface area contributed by atoms with Crippen molar-refractivity contribution in [2.75, 3.05) is 7.11 Å². The summed E-state index contributed by atoms with van der Waals surface area (Å²) in [6, 6.07) is 11.0. The number of halogens is 2. The second-order valence-electron chi connectivity index (χ2n) is 8.04. The molecule has 0 radical (unpaired) electrons. The van der Waals surface area contributed by atoms with Crippen LogP contribution in [0.2, 0.25) is 10.0 Å². The second kappa shape index (κ2) is 10.1. The molecule has 0 saturated carbocycles. The Morgan fingerprint density at radius 1 is 1.09 bits per heavy atom. The zero-order chi connectivity index (χ0) is 24.2. The molecule has 0 unspecified atom stereocenters. The van der Waals surface area contributed by atoms with Crippen molar-refractivity contribution in [3.63, 3.8) is 0 Å². The highest BCUT2D eigenvalue weighted by atomic mass is 35.5. The van der Waals surface area contributed by atoms with Crippen LogP contribution in [0, 0.1) is 0 Å². The number of H-pyrrole nitrogens is 1. The van der Waals surface area contributed by atoms with Crippen molar-refractivity contribution in [1.29, 1.82) is 0 Å². The van der Waals surface area contributed by atoms with Gasteiger partial charge >= 0.3 is 5.97 Å². The van der Waals surface area contributed by atoms with Gasteiger partial charge in [-0.3, -0.25) is 9.89 Å². The fraction of sp³-hybridized carbons (Fsp3) is 0.217. The lowest BCUT2D eigenvalue weighted by Gasteiger charge is -2.14. The Bertz CT molecular complexity index is 1220. The van der Waals surface area contributed by atoms with E-state index in [2.05, 4.69) is 20.7 Å². The van der Waals surface area contributed by atoms with Crippen LogP contribution in [0.1, 0.15) is 52.9 Å². The lowest BCUT2D eigenvalue weighted by Crippen LogP contribution is -2.18. The van der Waals surface area contributed by atoms with E-state index in [1.807, 2.05) is 20.8 Å². The molecular weight excluding hydrogens is 467 g/mol. The van der Waals surface area contributed by atoms with E-state index in [1.54, 1.807) is 30.3 Å². The molecule has 0 spiro atoms. The molecule has 1 aromatic heterocycles. The van der Waals surface area contributed by atoms with Crippen LogP contribution in [0.5, 0.6) is 11.5 Å². The van der Waals surface area contributed by atoms with Gasteiger partial charge in [-0.15, -0.1) is 0 Å². The minimum Gasteiger partial charge on any atom is -0.493 e. The average molecular weight is 489 g/mol. The summed E-state index contributed by atoms with van der Waals surface area (Å²) in [6.07, 6.45) is 1.43. The Morgan fingerprint density at radius 2 is 1.85 bits per heavy atom. The number of carbonyl (C=O) groups excluding carboxylic acids is 2. The Morgan fingerprint density at radius 3 is 2.48 bits per heavy atom. The van der Waals surface area contributed by atoms with Gasteiger partial charge < -0.3 is 9.47 Å².